The first kappa shape index (κ1) is 12.9. The van der Waals surface area contributed by atoms with E-state index in [0.717, 1.165) is 13.1 Å². The average Bonchev–Trinajstić information content (AvgIpc) is 2.37. The third-order valence-electron chi connectivity index (χ3n) is 3.30. The second kappa shape index (κ2) is 6.41. The minimum atomic E-state index is 0.649. The van der Waals surface area contributed by atoms with Crippen LogP contribution in [0.5, 0.6) is 0 Å². The molecule has 1 heterocycles. The van der Waals surface area contributed by atoms with Gasteiger partial charge in [-0.2, -0.15) is 0 Å². The Morgan fingerprint density at radius 1 is 1.41 bits per heavy atom. The van der Waals surface area contributed by atoms with Crippen LogP contribution < -0.4 is 10.2 Å². The highest BCUT2D eigenvalue weighted by atomic mass is 79.9. The molecule has 0 aromatic heterocycles. The third-order valence-corrected chi connectivity index (χ3v) is 3.97. The molecular weight excluding hydrogens is 276 g/mol. The van der Waals surface area contributed by atoms with Crippen molar-refractivity contribution in [1.29, 1.82) is 0 Å². The minimum Gasteiger partial charge on any atom is -0.369 e. The zero-order valence-corrected chi connectivity index (χ0v) is 12.0. The molecule has 1 aromatic carbocycles. The van der Waals surface area contributed by atoms with E-state index in [-0.39, 0.29) is 0 Å². The summed E-state index contributed by atoms with van der Waals surface area (Å²) in [7, 11) is 0. The van der Waals surface area contributed by atoms with Crippen molar-refractivity contribution in [2.45, 2.75) is 32.2 Å². The van der Waals surface area contributed by atoms with Crippen molar-refractivity contribution in [2.75, 3.05) is 24.5 Å². The number of nitrogens with one attached hydrogen (secondary N) is 1. The summed E-state index contributed by atoms with van der Waals surface area (Å²) in [5.41, 5.74) is 1.33. The van der Waals surface area contributed by atoms with Gasteiger partial charge in [-0.25, -0.2) is 0 Å². The number of piperidine rings is 1. The molecule has 0 radical (unpaired) electrons. The highest BCUT2D eigenvalue weighted by molar-refractivity contribution is 9.10. The number of para-hydroxylation sites is 1. The Balaban J connectivity index is 1.99. The van der Waals surface area contributed by atoms with Gasteiger partial charge in [0.1, 0.15) is 0 Å². The fourth-order valence-corrected chi connectivity index (χ4v) is 2.95. The van der Waals surface area contributed by atoms with Crippen molar-refractivity contribution in [3.63, 3.8) is 0 Å². The Morgan fingerprint density at radius 3 is 3.00 bits per heavy atom. The summed E-state index contributed by atoms with van der Waals surface area (Å²) in [4.78, 5) is 2.49. The predicted molar refractivity (Wildman–Crippen MR) is 77.7 cm³/mol. The first-order valence-electron chi connectivity index (χ1n) is 6.54. The van der Waals surface area contributed by atoms with Gasteiger partial charge in [0.15, 0.2) is 0 Å². The van der Waals surface area contributed by atoms with E-state index >= 15 is 0 Å². The van der Waals surface area contributed by atoms with Crippen LogP contribution in [0.15, 0.2) is 28.7 Å². The van der Waals surface area contributed by atoms with Gasteiger partial charge in [-0.15, -0.1) is 0 Å². The lowest BCUT2D eigenvalue weighted by molar-refractivity contribution is 0.423. The number of hydrogen-bond donors (Lipinski definition) is 1. The summed E-state index contributed by atoms with van der Waals surface area (Å²) >= 11 is 3.64. The number of anilines is 1. The molecule has 1 atom stereocenters. The van der Waals surface area contributed by atoms with Gasteiger partial charge in [-0.05, 0) is 53.9 Å². The summed E-state index contributed by atoms with van der Waals surface area (Å²) in [6, 6.07) is 9.16. The summed E-state index contributed by atoms with van der Waals surface area (Å²) in [6.45, 7) is 5.66. The predicted octanol–water partition coefficient (Wildman–Crippen LogP) is 3.42. The van der Waals surface area contributed by atoms with Crippen molar-refractivity contribution in [3.05, 3.63) is 28.7 Å². The molecule has 1 unspecified atom stereocenters. The van der Waals surface area contributed by atoms with E-state index in [1.807, 2.05) is 0 Å². The molecule has 0 bridgehead atoms. The van der Waals surface area contributed by atoms with Crippen LogP contribution in [0.1, 0.15) is 26.2 Å². The number of benzene rings is 1. The quantitative estimate of drug-likeness (QED) is 0.916. The molecule has 1 aliphatic rings. The second-order valence-electron chi connectivity index (χ2n) is 4.69. The average molecular weight is 297 g/mol. The van der Waals surface area contributed by atoms with Crippen LogP contribution in [0.25, 0.3) is 0 Å². The molecule has 1 saturated heterocycles. The Labute approximate surface area is 113 Å². The van der Waals surface area contributed by atoms with Crippen LogP contribution >= 0.6 is 15.9 Å². The van der Waals surface area contributed by atoms with Crippen LogP contribution in [-0.2, 0) is 0 Å². The van der Waals surface area contributed by atoms with Crippen molar-refractivity contribution in [1.82, 2.24) is 5.32 Å². The molecule has 17 heavy (non-hydrogen) atoms. The maximum Gasteiger partial charge on any atom is 0.0511 e. The standard InChI is InChI=1S/C14H21BrN2/c1-2-9-16-12-6-5-10-17(11-12)14-8-4-3-7-13(14)15/h3-4,7-8,12,16H,2,5-6,9-11H2,1H3. The maximum atomic E-state index is 3.64. The second-order valence-corrected chi connectivity index (χ2v) is 5.55. The van der Waals surface area contributed by atoms with Gasteiger partial charge >= 0.3 is 0 Å². The molecule has 0 aliphatic carbocycles. The van der Waals surface area contributed by atoms with Crippen LogP contribution in [0, 0.1) is 0 Å². The highest BCUT2D eigenvalue weighted by Gasteiger charge is 2.20. The van der Waals surface area contributed by atoms with Gasteiger partial charge in [0, 0.05) is 23.6 Å². The van der Waals surface area contributed by atoms with E-state index in [9.17, 15) is 0 Å². The summed E-state index contributed by atoms with van der Waals surface area (Å²) in [5.74, 6) is 0. The minimum absolute atomic E-state index is 0.649. The first-order chi connectivity index (χ1) is 8.31. The molecule has 1 aliphatic heterocycles. The van der Waals surface area contributed by atoms with Crippen LogP contribution in [-0.4, -0.2) is 25.7 Å². The Morgan fingerprint density at radius 2 is 2.24 bits per heavy atom. The van der Waals surface area contributed by atoms with Crippen molar-refractivity contribution >= 4 is 21.6 Å². The zero-order chi connectivity index (χ0) is 12.1. The van der Waals surface area contributed by atoms with E-state index in [0.29, 0.717) is 6.04 Å². The number of nitrogens with zero attached hydrogens (tertiary/aromatic N) is 1. The van der Waals surface area contributed by atoms with E-state index in [1.54, 1.807) is 0 Å². The molecule has 94 valence electrons. The molecule has 0 amide bonds. The molecule has 0 spiro atoms. The van der Waals surface area contributed by atoms with E-state index in [2.05, 4.69) is 57.3 Å². The molecule has 1 fully saturated rings. The first-order valence-corrected chi connectivity index (χ1v) is 7.33. The van der Waals surface area contributed by atoms with Gasteiger partial charge in [0.2, 0.25) is 0 Å². The van der Waals surface area contributed by atoms with Gasteiger partial charge in [0.05, 0.1) is 5.69 Å². The topological polar surface area (TPSA) is 15.3 Å². The molecular formula is C14H21BrN2. The van der Waals surface area contributed by atoms with Gasteiger partial charge < -0.3 is 10.2 Å². The van der Waals surface area contributed by atoms with Crippen LogP contribution in [0.3, 0.4) is 0 Å². The monoisotopic (exact) mass is 296 g/mol. The number of halogens is 1. The summed E-state index contributed by atoms with van der Waals surface area (Å²) in [6.07, 6.45) is 3.80. The van der Waals surface area contributed by atoms with Gasteiger partial charge in [-0.3, -0.25) is 0 Å². The van der Waals surface area contributed by atoms with Gasteiger partial charge in [0.25, 0.3) is 0 Å². The fourth-order valence-electron chi connectivity index (χ4n) is 2.42. The molecule has 3 heteroatoms. The SMILES string of the molecule is CCCNC1CCCN(c2ccccc2Br)C1. The number of rotatable bonds is 4. The Bertz CT molecular complexity index is 354. The van der Waals surface area contributed by atoms with Gasteiger partial charge in [-0.1, -0.05) is 19.1 Å². The molecule has 2 nitrogen and oxygen atoms in total. The van der Waals surface area contributed by atoms with E-state index in [1.165, 1.54) is 36.0 Å². The maximum absolute atomic E-state index is 3.64. The Hall–Kier alpha value is -0.540. The van der Waals surface area contributed by atoms with Crippen molar-refractivity contribution in [3.8, 4) is 0 Å². The van der Waals surface area contributed by atoms with E-state index in [4.69, 9.17) is 0 Å². The molecule has 1 N–H and O–H groups in total. The largest absolute Gasteiger partial charge is 0.369 e. The third kappa shape index (κ3) is 3.46. The molecule has 2 rings (SSSR count). The zero-order valence-electron chi connectivity index (χ0n) is 10.5. The fraction of sp³-hybridized carbons (Fsp3) is 0.571. The Kier molecular flexibility index (Phi) is 4.86. The lowest BCUT2D eigenvalue weighted by Gasteiger charge is -2.35. The normalized spacial score (nSPS) is 20.6. The van der Waals surface area contributed by atoms with Crippen LogP contribution in [0.2, 0.25) is 0 Å². The van der Waals surface area contributed by atoms with Crippen molar-refractivity contribution < 1.29 is 0 Å². The molecule has 0 saturated carbocycles. The highest BCUT2D eigenvalue weighted by Crippen LogP contribution is 2.28. The van der Waals surface area contributed by atoms with E-state index < -0.39 is 0 Å². The smallest absolute Gasteiger partial charge is 0.0511 e. The number of hydrogen-bond acceptors (Lipinski definition) is 2. The summed E-state index contributed by atoms with van der Waals surface area (Å²) < 4.78 is 1.20. The van der Waals surface area contributed by atoms with Crippen LogP contribution in [0.4, 0.5) is 5.69 Å². The summed E-state index contributed by atoms with van der Waals surface area (Å²) in [5, 5.41) is 3.63. The lowest BCUT2D eigenvalue weighted by atomic mass is 10.0. The molecule has 1 aromatic rings. The van der Waals surface area contributed by atoms with Crippen molar-refractivity contribution in [2.24, 2.45) is 0 Å². The lowest BCUT2D eigenvalue weighted by Crippen LogP contribution is -2.46.